The Bertz CT molecular complexity index is 1070. The van der Waals surface area contributed by atoms with Gasteiger partial charge in [-0.2, -0.15) is 0 Å². The molecule has 2 aromatic carbocycles. The number of carbonyl (C=O) groups is 3. The molecule has 3 aliphatic heterocycles. The highest BCUT2D eigenvalue weighted by atomic mass is 16.2. The van der Waals surface area contributed by atoms with Gasteiger partial charge in [-0.05, 0) is 54.3 Å². The minimum Gasteiger partial charge on any atom is -0.381 e. The molecule has 166 valence electrons. The summed E-state index contributed by atoms with van der Waals surface area (Å²) in [6.45, 7) is 2.84. The second-order valence-electron chi connectivity index (χ2n) is 8.74. The van der Waals surface area contributed by atoms with Gasteiger partial charge in [0.2, 0.25) is 11.8 Å². The molecule has 0 spiro atoms. The van der Waals surface area contributed by atoms with Crippen LogP contribution in [0.4, 0.5) is 11.4 Å². The second kappa shape index (κ2) is 8.27. The summed E-state index contributed by atoms with van der Waals surface area (Å²) in [4.78, 5) is 40.6. The molecular weight excluding hydrogens is 406 g/mol. The molecule has 0 bridgehead atoms. The maximum Gasteiger partial charge on any atom is 0.255 e. The summed E-state index contributed by atoms with van der Waals surface area (Å²) in [7, 11) is 0. The molecule has 8 nitrogen and oxygen atoms in total. The van der Waals surface area contributed by atoms with Gasteiger partial charge in [-0.1, -0.05) is 12.1 Å². The van der Waals surface area contributed by atoms with Crippen LogP contribution < -0.4 is 21.3 Å². The highest BCUT2D eigenvalue weighted by Gasteiger charge is 2.39. The molecule has 32 heavy (non-hydrogen) atoms. The van der Waals surface area contributed by atoms with Crippen molar-refractivity contribution < 1.29 is 14.4 Å². The van der Waals surface area contributed by atoms with E-state index in [-0.39, 0.29) is 30.2 Å². The van der Waals surface area contributed by atoms with E-state index in [0.717, 1.165) is 36.3 Å². The number of imide groups is 1. The normalized spacial score (nSPS) is 22.8. The highest BCUT2D eigenvalue weighted by molar-refractivity contribution is 6.05. The molecule has 2 unspecified atom stereocenters. The van der Waals surface area contributed by atoms with E-state index < -0.39 is 6.04 Å². The molecule has 3 heterocycles. The molecule has 2 fully saturated rings. The van der Waals surface area contributed by atoms with Gasteiger partial charge in [0.25, 0.3) is 5.91 Å². The summed E-state index contributed by atoms with van der Waals surface area (Å²) in [5, 5.41) is 5.79. The fourth-order valence-corrected chi connectivity index (χ4v) is 4.82. The van der Waals surface area contributed by atoms with Gasteiger partial charge in [-0.15, -0.1) is 0 Å². The number of fused-ring (bicyclic) bond motifs is 1. The quantitative estimate of drug-likeness (QED) is 0.618. The Balaban J connectivity index is 1.27. The third kappa shape index (κ3) is 3.82. The van der Waals surface area contributed by atoms with Gasteiger partial charge in [0.05, 0.1) is 0 Å². The van der Waals surface area contributed by atoms with Crippen molar-refractivity contribution in [2.75, 3.05) is 23.3 Å². The van der Waals surface area contributed by atoms with E-state index in [9.17, 15) is 14.4 Å². The first-order valence-corrected chi connectivity index (χ1v) is 11.1. The molecule has 8 heteroatoms. The molecular formula is C24H27N5O3. The lowest BCUT2D eigenvalue weighted by atomic mass is 10.0. The van der Waals surface area contributed by atoms with Crippen LogP contribution in [0.3, 0.4) is 0 Å². The number of hydrogen-bond donors (Lipinski definition) is 3. The fraction of sp³-hybridized carbons (Fsp3) is 0.375. The molecule has 4 N–H and O–H groups in total. The van der Waals surface area contributed by atoms with Gasteiger partial charge in [0.15, 0.2) is 0 Å². The zero-order valence-electron chi connectivity index (χ0n) is 17.8. The Morgan fingerprint density at radius 2 is 1.88 bits per heavy atom. The number of carbonyl (C=O) groups excluding carboxylic acids is 3. The number of hydrogen-bond acceptors (Lipinski definition) is 6. The molecule has 3 aliphatic rings. The fourth-order valence-electron chi connectivity index (χ4n) is 4.82. The standard InChI is InChI=1S/C24H27N5O3/c25-16-10-11-28(13-16)18-6-4-17(5-7-18)26-12-15-2-1-3-19-20(15)14-29(24(19)32)21-8-9-22(30)27-23(21)31/h1-7,16,21,26H,8-14,25H2,(H,27,30,31). The summed E-state index contributed by atoms with van der Waals surface area (Å²) >= 11 is 0. The number of nitrogens with two attached hydrogens (primary N) is 1. The predicted octanol–water partition coefficient (Wildman–Crippen LogP) is 1.60. The van der Waals surface area contributed by atoms with Crippen molar-refractivity contribution in [3.8, 4) is 0 Å². The SMILES string of the molecule is NC1CCN(c2ccc(NCc3cccc4c3CN(C3CCC(=O)NC3=O)C4=O)cc2)C1. The van der Waals surface area contributed by atoms with E-state index in [1.54, 1.807) is 4.90 Å². The Morgan fingerprint density at radius 3 is 2.59 bits per heavy atom. The minimum atomic E-state index is -0.598. The first-order valence-electron chi connectivity index (χ1n) is 11.1. The predicted molar refractivity (Wildman–Crippen MR) is 121 cm³/mol. The zero-order chi connectivity index (χ0) is 22.2. The molecule has 2 saturated heterocycles. The monoisotopic (exact) mass is 433 g/mol. The van der Waals surface area contributed by atoms with Crippen LogP contribution in [0.5, 0.6) is 0 Å². The Hall–Kier alpha value is -3.39. The van der Waals surface area contributed by atoms with Crippen molar-refractivity contribution in [2.24, 2.45) is 5.73 Å². The summed E-state index contributed by atoms with van der Waals surface area (Å²) in [5.41, 5.74) is 10.8. The van der Waals surface area contributed by atoms with E-state index in [1.807, 2.05) is 18.2 Å². The Labute approximate surface area is 186 Å². The van der Waals surface area contributed by atoms with E-state index in [0.29, 0.717) is 25.1 Å². The molecule has 2 aromatic rings. The number of amides is 3. The number of benzene rings is 2. The van der Waals surface area contributed by atoms with Crippen molar-refractivity contribution >= 4 is 29.1 Å². The van der Waals surface area contributed by atoms with Crippen LogP contribution in [0.25, 0.3) is 0 Å². The number of nitrogens with one attached hydrogen (secondary N) is 2. The molecule has 0 aromatic heterocycles. The van der Waals surface area contributed by atoms with Crippen LogP contribution in [0.15, 0.2) is 42.5 Å². The van der Waals surface area contributed by atoms with Crippen LogP contribution >= 0.6 is 0 Å². The molecule has 0 saturated carbocycles. The summed E-state index contributed by atoms with van der Waals surface area (Å²) in [6.07, 6.45) is 1.64. The van der Waals surface area contributed by atoms with Gasteiger partial charge in [-0.25, -0.2) is 0 Å². The second-order valence-corrected chi connectivity index (χ2v) is 8.74. The smallest absolute Gasteiger partial charge is 0.255 e. The molecule has 0 radical (unpaired) electrons. The highest BCUT2D eigenvalue weighted by Crippen LogP contribution is 2.30. The maximum absolute atomic E-state index is 13.0. The summed E-state index contributed by atoms with van der Waals surface area (Å²) < 4.78 is 0. The van der Waals surface area contributed by atoms with Crippen LogP contribution in [-0.4, -0.2) is 47.8 Å². The number of rotatable bonds is 5. The average molecular weight is 434 g/mol. The van der Waals surface area contributed by atoms with E-state index in [1.165, 1.54) is 5.69 Å². The Morgan fingerprint density at radius 1 is 1.06 bits per heavy atom. The molecule has 3 amide bonds. The third-order valence-electron chi connectivity index (χ3n) is 6.62. The van der Waals surface area contributed by atoms with E-state index in [4.69, 9.17) is 5.73 Å². The molecule has 5 rings (SSSR count). The van der Waals surface area contributed by atoms with Gasteiger partial charge in [-0.3, -0.25) is 19.7 Å². The van der Waals surface area contributed by atoms with E-state index >= 15 is 0 Å². The zero-order valence-corrected chi connectivity index (χ0v) is 17.8. The lowest BCUT2D eigenvalue weighted by molar-refractivity contribution is -0.136. The largest absolute Gasteiger partial charge is 0.381 e. The van der Waals surface area contributed by atoms with Gasteiger partial charge >= 0.3 is 0 Å². The van der Waals surface area contributed by atoms with Crippen molar-refractivity contribution in [2.45, 2.75) is 44.4 Å². The van der Waals surface area contributed by atoms with Crippen molar-refractivity contribution in [3.05, 3.63) is 59.2 Å². The van der Waals surface area contributed by atoms with Crippen LogP contribution in [0.2, 0.25) is 0 Å². The summed E-state index contributed by atoms with van der Waals surface area (Å²) in [6, 6.07) is 13.7. The third-order valence-corrected chi connectivity index (χ3v) is 6.62. The minimum absolute atomic E-state index is 0.149. The van der Waals surface area contributed by atoms with E-state index in [2.05, 4.69) is 39.8 Å². The van der Waals surface area contributed by atoms with Crippen molar-refractivity contribution in [3.63, 3.8) is 0 Å². The Kier molecular flexibility index (Phi) is 5.30. The van der Waals surface area contributed by atoms with Crippen molar-refractivity contribution in [1.29, 1.82) is 0 Å². The van der Waals surface area contributed by atoms with Gasteiger partial charge < -0.3 is 20.9 Å². The van der Waals surface area contributed by atoms with Crippen LogP contribution in [0, 0.1) is 0 Å². The van der Waals surface area contributed by atoms with Crippen LogP contribution in [-0.2, 0) is 22.7 Å². The lowest BCUT2D eigenvalue weighted by Crippen LogP contribution is -2.52. The van der Waals surface area contributed by atoms with Crippen LogP contribution in [0.1, 0.15) is 40.7 Å². The number of piperidine rings is 1. The maximum atomic E-state index is 13.0. The number of nitrogens with zero attached hydrogens (tertiary/aromatic N) is 2. The molecule has 2 atom stereocenters. The summed E-state index contributed by atoms with van der Waals surface area (Å²) in [5.74, 6) is -0.815. The van der Waals surface area contributed by atoms with Crippen molar-refractivity contribution in [1.82, 2.24) is 10.2 Å². The van der Waals surface area contributed by atoms with Gasteiger partial charge in [0, 0.05) is 55.6 Å². The molecule has 0 aliphatic carbocycles. The topological polar surface area (TPSA) is 108 Å². The lowest BCUT2D eigenvalue weighted by Gasteiger charge is -2.29. The number of anilines is 2. The first kappa shape index (κ1) is 20.5. The first-order chi connectivity index (χ1) is 15.5. The average Bonchev–Trinajstić information content (AvgIpc) is 3.37. The van der Waals surface area contributed by atoms with Gasteiger partial charge in [0.1, 0.15) is 6.04 Å².